The lowest BCUT2D eigenvalue weighted by Gasteiger charge is -2.19. The first-order valence-electron chi connectivity index (χ1n) is 5.33. The van der Waals surface area contributed by atoms with Crippen LogP contribution in [0.1, 0.15) is 12.1 Å². The Morgan fingerprint density at radius 2 is 2.38 bits per heavy atom. The number of anilines is 1. The zero-order valence-electron chi connectivity index (χ0n) is 9.02. The predicted octanol–water partition coefficient (Wildman–Crippen LogP) is -0.738. The number of aromatic nitrogens is 2. The molecule has 0 aliphatic carbocycles. The molecule has 1 aromatic heterocycles. The number of hydrogen-bond donors (Lipinski definition) is 2. The van der Waals surface area contributed by atoms with Gasteiger partial charge in [0.1, 0.15) is 0 Å². The van der Waals surface area contributed by atoms with E-state index in [9.17, 15) is 4.79 Å². The van der Waals surface area contributed by atoms with Crippen molar-refractivity contribution in [2.24, 2.45) is 5.73 Å². The first-order chi connectivity index (χ1) is 7.79. The number of amides is 1. The number of nitrogens with two attached hydrogens (primary N) is 1. The molecule has 86 valence electrons. The molecule has 1 saturated heterocycles. The lowest BCUT2D eigenvalue weighted by Crippen LogP contribution is -2.30. The van der Waals surface area contributed by atoms with Crippen LogP contribution in [-0.2, 0) is 11.3 Å². The summed E-state index contributed by atoms with van der Waals surface area (Å²) in [6.07, 6.45) is 2.18. The van der Waals surface area contributed by atoms with Gasteiger partial charge in [0, 0.05) is 38.8 Å². The molecule has 1 aliphatic rings. The van der Waals surface area contributed by atoms with Gasteiger partial charge in [0.15, 0.2) is 0 Å². The first kappa shape index (κ1) is 10.8. The van der Waals surface area contributed by atoms with Crippen LogP contribution in [0.2, 0.25) is 0 Å². The molecule has 0 aromatic carbocycles. The zero-order valence-corrected chi connectivity index (χ0v) is 9.02. The molecule has 6 heteroatoms. The maximum absolute atomic E-state index is 11.2. The molecule has 0 spiro atoms. The van der Waals surface area contributed by atoms with Gasteiger partial charge < -0.3 is 16.0 Å². The van der Waals surface area contributed by atoms with E-state index in [0.717, 1.165) is 12.2 Å². The fourth-order valence-corrected chi connectivity index (χ4v) is 1.62. The second-order valence-electron chi connectivity index (χ2n) is 3.64. The highest BCUT2D eigenvalue weighted by Crippen LogP contribution is 2.09. The van der Waals surface area contributed by atoms with E-state index < -0.39 is 0 Å². The monoisotopic (exact) mass is 221 g/mol. The number of nitrogens with zero attached hydrogens (tertiary/aromatic N) is 3. The van der Waals surface area contributed by atoms with Crippen LogP contribution < -0.4 is 16.0 Å². The van der Waals surface area contributed by atoms with Crippen molar-refractivity contribution < 1.29 is 4.79 Å². The van der Waals surface area contributed by atoms with Crippen molar-refractivity contribution in [3.63, 3.8) is 0 Å². The molecule has 1 fully saturated rings. The minimum Gasteiger partial charge on any atom is -0.354 e. The van der Waals surface area contributed by atoms with Crippen molar-refractivity contribution in [2.75, 3.05) is 24.5 Å². The van der Waals surface area contributed by atoms with Gasteiger partial charge in [-0.05, 0) is 6.07 Å². The summed E-state index contributed by atoms with van der Waals surface area (Å²) in [7, 11) is 0. The van der Waals surface area contributed by atoms with Crippen molar-refractivity contribution >= 4 is 11.9 Å². The topological polar surface area (TPSA) is 84.1 Å². The molecule has 1 aliphatic heterocycles. The van der Waals surface area contributed by atoms with Gasteiger partial charge in [-0.1, -0.05) is 0 Å². The summed E-state index contributed by atoms with van der Waals surface area (Å²) < 4.78 is 0. The van der Waals surface area contributed by atoms with Gasteiger partial charge in [-0.15, -0.1) is 0 Å². The van der Waals surface area contributed by atoms with Crippen molar-refractivity contribution in [1.29, 1.82) is 0 Å². The summed E-state index contributed by atoms with van der Waals surface area (Å²) in [6.45, 7) is 2.43. The third kappa shape index (κ3) is 2.46. The highest BCUT2D eigenvalue weighted by molar-refractivity contribution is 5.76. The molecular weight excluding hydrogens is 206 g/mol. The quantitative estimate of drug-likeness (QED) is 0.687. The molecule has 16 heavy (non-hydrogen) atoms. The molecule has 2 heterocycles. The Morgan fingerprint density at radius 1 is 1.50 bits per heavy atom. The molecule has 0 bridgehead atoms. The SMILES string of the molecule is NCc1ccnc(N2CCNC(=O)CC2)n1. The van der Waals surface area contributed by atoms with Gasteiger partial charge in [0.25, 0.3) is 0 Å². The van der Waals surface area contributed by atoms with E-state index in [1.165, 1.54) is 0 Å². The lowest BCUT2D eigenvalue weighted by atomic mass is 10.4. The molecule has 2 rings (SSSR count). The normalized spacial score (nSPS) is 16.8. The Balaban J connectivity index is 2.13. The van der Waals surface area contributed by atoms with E-state index in [0.29, 0.717) is 32.0 Å². The van der Waals surface area contributed by atoms with Crippen molar-refractivity contribution in [3.05, 3.63) is 18.0 Å². The van der Waals surface area contributed by atoms with Gasteiger partial charge in [0.2, 0.25) is 11.9 Å². The Kier molecular flexibility index (Phi) is 3.31. The van der Waals surface area contributed by atoms with Crippen LogP contribution in [-0.4, -0.2) is 35.5 Å². The molecule has 0 atom stereocenters. The smallest absolute Gasteiger partial charge is 0.225 e. The maximum atomic E-state index is 11.2. The Labute approximate surface area is 93.9 Å². The van der Waals surface area contributed by atoms with Gasteiger partial charge in [-0.2, -0.15) is 0 Å². The summed E-state index contributed by atoms with van der Waals surface area (Å²) in [5.41, 5.74) is 6.34. The van der Waals surface area contributed by atoms with Crippen molar-refractivity contribution in [2.45, 2.75) is 13.0 Å². The van der Waals surface area contributed by atoms with E-state index in [2.05, 4.69) is 15.3 Å². The van der Waals surface area contributed by atoms with Crippen LogP contribution in [0.3, 0.4) is 0 Å². The van der Waals surface area contributed by atoms with Gasteiger partial charge in [0.05, 0.1) is 5.69 Å². The Hall–Kier alpha value is -1.69. The summed E-state index contributed by atoms with van der Waals surface area (Å²) in [4.78, 5) is 21.7. The molecular formula is C10H15N5O. The van der Waals surface area contributed by atoms with Crippen molar-refractivity contribution in [3.8, 4) is 0 Å². The molecule has 3 N–H and O–H groups in total. The van der Waals surface area contributed by atoms with Crippen molar-refractivity contribution in [1.82, 2.24) is 15.3 Å². The number of rotatable bonds is 2. The standard InChI is InChI=1S/C10H15N5O/c11-7-8-1-3-13-10(14-8)15-5-2-9(16)12-4-6-15/h1,3H,2,4-7,11H2,(H,12,16). The lowest BCUT2D eigenvalue weighted by molar-refractivity contribution is -0.120. The minimum atomic E-state index is 0.0810. The summed E-state index contributed by atoms with van der Waals surface area (Å²) >= 11 is 0. The van der Waals surface area contributed by atoms with Gasteiger partial charge in [-0.25, -0.2) is 9.97 Å². The van der Waals surface area contributed by atoms with E-state index >= 15 is 0 Å². The second-order valence-corrected chi connectivity index (χ2v) is 3.64. The third-order valence-electron chi connectivity index (χ3n) is 2.51. The van der Waals surface area contributed by atoms with Crippen LogP contribution in [0.25, 0.3) is 0 Å². The molecule has 0 unspecified atom stereocenters. The zero-order chi connectivity index (χ0) is 11.4. The maximum Gasteiger partial charge on any atom is 0.225 e. The summed E-state index contributed by atoms with van der Waals surface area (Å²) in [5.74, 6) is 0.733. The van der Waals surface area contributed by atoms with E-state index in [4.69, 9.17) is 5.73 Å². The average molecular weight is 221 g/mol. The summed E-state index contributed by atoms with van der Waals surface area (Å²) in [6, 6.07) is 1.80. The number of carbonyl (C=O) groups excluding carboxylic acids is 1. The average Bonchev–Trinajstić information content (AvgIpc) is 2.54. The predicted molar refractivity (Wildman–Crippen MR) is 59.8 cm³/mol. The van der Waals surface area contributed by atoms with Gasteiger partial charge >= 0.3 is 0 Å². The van der Waals surface area contributed by atoms with E-state index in [1.807, 2.05) is 4.90 Å². The Morgan fingerprint density at radius 3 is 3.19 bits per heavy atom. The molecule has 0 saturated carbocycles. The van der Waals surface area contributed by atoms with E-state index in [1.54, 1.807) is 12.3 Å². The first-order valence-corrected chi connectivity index (χ1v) is 5.33. The second kappa shape index (κ2) is 4.89. The van der Waals surface area contributed by atoms with Crippen LogP contribution in [0.4, 0.5) is 5.95 Å². The number of hydrogen-bond acceptors (Lipinski definition) is 5. The molecule has 6 nitrogen and oxygen atoms in total. The third-order valence-corrected chi connectivity index (χ3v) is 2.51. The molecule has 1 amide bonds. The molecule has 1 aromatic rings. The van der Waals surface area contributed by atoms with E-state index in [-0.39, 0.29) is 5.91 Å². The van der Waals surface area contributed by atoms with Crippen LogP contribution in [0.15, 0.2) is 12.3 Å². The number of nitrogens with one attached hydrogen (secondary N) is 1. The van der Waals surface area contributed by atoms with Gasteiger partial charge in [-0.3, -0.25) is 4.79 Å². The minimum absolute atomic E-state index is 0.0810. The van der Waals surface area contributed by atoms with Crippen LogP contribution in [0, 0.1) is 0 Å². The highest BCUT2D eigenvalue weighted by atomic mass is 16.1. The fraction of sp³-hybridized carbons (Fsp3) is 0.500. The number of carbonyl (C=O) groups is 1. The fourth-order valence-electron chi connectivity index (χ4n) is 1.62. The highest BCUT2D eigenvalue weighted by Gasteiger charge is 2.15. The van der Waals surface area contributed by atoms with Crippen LogP contribution >= 0.6 is 0 Å². The van der Waals surface area contributed by atoms with Crippen LogP contribution in [0.5, 0.6) is 0 Å². The summed E-state index contributed by atoms with van der Waals surface area (Å²) in [5, 5.41) is 2.81. The largest absolute Gasteiger partial charge is 0.354 e. The Bertz CT molecular complexity index is 381. The molecule has 0 radical (unpaired) electrons.